The number of amides is 1. The van der Waals surface area contributed by atoms with Crippen LogP contribution in [-0.2, 0) is 27.3 Å². The maximum atomic E-state index is 12.1. The van der Waals surface area contributed by atoms with Gasteiger partial charge >= 0.3 is 5.97 Å². The number of rotatable bonds is 6. The van der Waals surface area contributed by atoms with E-state index in [2.05, 4.69) is 0 Å². The predicted octanol–water partition coefficient (Wildman–Crippen LogP) is 3.65. The fraction of sp³-hybridized carbons (Fsp3) is 0.200. The number of ether oxygens (including phenoxy) is 1. The molecule has 1 heterocycles. The van der Waals surface area contributed by atoms with Gasteiger partial charge in [-0.3, -0.25) is 9.59 Å². The first-order valence-corrected chi connectivity index (χ1v) is 8.89. The zero-order chi connectivity index (χ0) is 17.6. The first kappa shape index (κ1) is 17.2. The molecule has 2 aromatic carbocycles. The van der Waals surface area contributed by atoms with Crippen LogP contribution >= 0.6 is 11.3 Å². The fourth-order valence-corrected chi connectivity index (χ4v) is 3.30. The molecule has 128 valence electrons. The predicted molar refractivity (Wildman–Crippen MR) is 99.4 cm³/mol. The molecule has 0 fully saturated rings. The Morgan fingerprint density at radius 3 is 2.60 bits per heavy atom. The number of carbonyl (C=O) groups is 2. The van der Waals surface area contributed by atoms with Gasteiger partial charge in [-0.05, 0) is 27.8 Å². The van der Waals surface area contributed by atoms with Crippen LogP contribution < -0.4 is 0 Å². The number of benzene rings is 2. The molecule has 0 aliphatic rings. The summed E-state index contributed by atoms with van der Waals surface area (Å²) < 4.78 is 5.13. The molecule has 4 nitrogen and oxygen atoms in total. The maximum Gasteiger partial charge on any atom is 0.310 e. The highest BCUT2D eigenvalue weighted by Gasteiger charge is 2.13. The van der Waals surface area contributed by atoms with Gasteiger partial charge in [-0.2, -0.15) is 0 Å². The maximum absolute atomic E-state index is 12.1. The standard InChI is InChI=1S/C20H19NO3S/c1-21(13-18-7-4-10-25-18)19(22)14-24-20(23)12-15-8-9-16-5-2-3-6-17(16)11-15/h2-11H,12-14H2,1H3. The second-order valence-electron chi connectivity index (χ2n) is 5.85. The molecule has 0 atom stereocenters. The molecule has 0 unspecified atom stereocenters. The van der Waals surface area contributed by atoms with Crippen LogP contribution in [0.5, 0.6) is 0 Å². The van der Waals surface area contributed by atoms with Gasteiger partial charge in [-0.15, -0.1) is 11.3 Å². The summed E-state index contributed by atoms with van der Waals surface area (Å²) in [6.45, 7) is 0.299. The summed E-state index contributed by atoms with van der Waals surface area (Å²) in [6.07, 6.45) is 0.159. The van der Waals surface area contributed by atoms with Crippen molar-refractivity contribution in [1.82, 2.24) is 4.90 Å². The van der Waals surface area contributed by atoms with E-state index < -0.39 is 5.97 Å². The number of thiophene rings is 1. The molecule has 1 amide bonds. The summed E-state index contributed by atoms with van der Waals surface area (Å²) in [5.41, 5.74) is 0.878. The molecular weight excluding hydrogens is 334 g/mol. The summed E-state index contributed by atoms with van der Waals surface area (Å²) in [7, 11) is 1.71. The molecule has 0 radical (unpaired) electrons. The smallest absolute Gasteiger partial charge is 0.310 e. The Kier molecular flexibility index (Phi) is 5.46. The summed E-state index contributed by atoms with van der Waals surface area (Å²) in [6, 6.07) is 17.8. The molecule has 1 aromatic heterocycles. The number of hydrogen-bond donors (Lipinski definition) is 0. The van der Waals surface area contributed by atoms with Gasteiger partial charge in [0.1, 0.15) is 0 Å². The van der Waals surface area contributed by atoms with Crippen LogP contribution in [0.1, 0.15) is 10.4 Å². The van der Waals surface area contributed by atoms with E-state index in [1.165, 1.54) is 0 Å². The fourth-order valence-electron chi connectivity index (χ4n) is 2.54. The Morgan fingerprint density at radius 2 is 1.84 bits per heavy atom. The Bertz CT molecular complexity index is 874. The first-order valence-electron chi connectivity index (χ1n) is 8.01. The molecule has 0 spiro atoms. The first-order chi connectivity index (χ1) is 12.1. The zero-order valence-corrected chi connectivity index (χ0v) is 14.8. The molecule has 3 aromatic rings. The highest BCUT2D eigenvalue weighted by molar-refractivity contribution is 7.09. The lowest BCUT2D eigenvalue weighted by molar-refractivity contribution is -0.151. The van der Waals surface area contributed by atoms with E-state index in [9.17, 15) is 9.59 Å². The number of fused-ring (bicyclic) bond motifs is 1. The van der Waals surface area contributed by atoms with Gasteiger partial charge in [0, 0.05) is 11.9 Å². The van der Waals surface area contributed by atoms with Crippen molar-refractivity contribution < 1.29 is 14.3 Å². The number of carbonyl (C=O) groups excluding carboxylic acids is 2. The van der Waals surface area contributed by atoms with E-state index in [0.29, 0.717) is 6.54 Å². The van der Waals surface area contributed by atoms with Crippen LogP contribution in [0, 0.1) is 0 Å². The van der Waals surface area contributed by atoms with Gasteiger partial charge in [-0.1, -0.05) is 48.5 Å². The summed E-state index contributed by atoms with van der Waals surface area (Å²) in [5.74, 6) is -0.603. The Hall–Kier alpha value is -2.66. The topological polar surface area (TPSA) is 46.6 Å². The van der Waals surface area contributed by atoms with Crippen molar-refractivity contribution in [2.75, 3.05) is 13.7 Å². The minimum atomic E-state index is -0.395. The Morgan fingerprint density at radius 1 is 1.04 bits per heavy atom. The van der Waals surface area contributed by atoms with E-state index in [0.717, 1.165) is 21.2 Å². The van der Waals surface area contributed by atoms with Crippen molar-refractivity contribution >= 4 is 34.0 Å². The largest absolute Gasteiger partial charge is 0.455 e. The third-order valence-electron chi connectivity index (χ3n) is 3.92. The third-order valence-corrected chi connectivity index (χ3v) is 4.78. The van der Waals surface area contributed by atoms with E-state index in [1.54, 1.807) is 23.3 Å². The van der Waals surface area contributed by atoms with E-state index >= 15 is 0 Å². The van der Waals surface area contributed by atoms with Crippen molar-refractivity contribution in [2.24, 2.45) is 0 Å². The lowest BCUT2D eigenvalue weighted by Crippen LogP contribution is -2.30. The van der Waals surface area contributed by atoms with Crippen LogP contribution in [0.15, 0.2) is 60.0 Å². The van der Waals surface area contributed by atoms with E-state index in [-0.39, 0.29) is 18.9 Å². The minimum absolute atomic E-state index is 0.159. The summed E-state index contributed by atoms with van der Waals surface area (Å²) in [5, 5.41) is 4.18. The van der Waals surface area contributed by atoms with Gasteiger partial charge in [0.2, 0.25) is 0 Å². The van der Waals surface area contributed by atoms with Crippen LogP contribution in [0.25, 0.3) is 10.8 Å². The highest BCUT2D eigenvalue weighted by Crippen LogP contribution is 2.16. The average molecular weight is 353 g/mol. The highest BCUT2D eigenvalue weighted by atomic mass is 32.1. The van der Waals surface area contributed by atoms with E-state index in [1.807, 2.05) is 60.0 Å². The Labute approximate surface area is 150 Å². The molecule has 0 aliphatic carbocycles. The van der Waals surface area contributed by atoms with Gasteiger partial charge in [0.15, 0.2) is 6.61 Å². The van der Waals surface area contributed by atoms with Crippen LogP contribution in [0.4, 0.5) is 0 Å². The molecule has 0 N–H and O–H groups in total. The lowest BCUT2D eigenvalue weighted by Gasteiger charge is -2.16. The molecule has 25 heavy (non-hydrogen) atoms. The molecule has 0 aliphatic heterocycles. The van der Waals surface area contributed by atoms with Gasteiger partial charge in [-0.25, -0.2) is 0 Å². The quantitative estimate of drug-likeness (QED) is 0.636. The molecule has 0 saturated carbocycles. The van der Waals surface area contributed by atoms with E-state index in [4.69, 9.17) is 4.74 Å². The zero-order valence-electron chi connectivity index (χ0n) is 14.0. The van der Waals surface area contributed by atoms with Crippen molar-refractivity contribution in [3.63, 3.8) is 0 Å². The second-order valence-corrected chi connectivity index (χ2v) is 6.88. The molecule has 0 bridgehead atoms. The minimum Gasteiger partial charge on any atom is -0.455 e. The summed E-state index contributed by atoms with van der Waals surface area (Å²) >= 11 is 1.59. The van der Waals surface area contributed by atoms with Crippen molar-refractivity contribution in [1.29, 1.82) is 0 Å². The number of esters is 1. The third kappa shape index (κ3) is 4.67. The average Bonchev–Trinajstić information content (AvgIpc) is 3.12. The number of hydrogen-bond acceptors (Lipinski definition) is 4. The second kappa shape index (κ2) is 7.94. The Balaban J connectivity index is 1.50. The van der Waals surface area contributed by atoms with Crippen molar-refractivity contribution in [2.45, 2.75) is 13.0 Å². The van der Waals surface area contributed by atoms with Crippen molar-refractivity contribution in [3.05, 3.63) is 70.4 Å². The normalized spacial score (nSPS) is 10.6. The van der Waals surface area contributed by atoms with Crippen molar-refractivity contribution in [3.8, 4) is 0 Å². The van der Waals surface area contributed by atoms with Gasteiger partial charge in [0.25, 0.3) is 5.91 Å². The summed E-state index contributed by atoms with van der Waals surface area (Å²) in [4.78, 5) is 26.7. The lowest BCUT2D eigenvalue weighted by atomic mass is 10.1. The molecular formula is C20H19NO3S. The monoisotopic (exact) mass is 353 g/mol. The number of likely N-dealkylation sites (N-methyl/N-ethyl adjacent to an activating group) is 1. The molecule has 3 rings (SSSR count). The number of nitrogens with zero attached hydrogens (tertiary/aromatic N) is 1. The van der Waals surface area contributed by atoms with Crippen LogP contribution in [-0.4, -0.2) is 30.4 Å². The van der Waals surface area contributed by atoms with Gasteiger partial charge in [0.05, 0.1) is 13.0 Å². The van der Waals surface area contributed by atoms with Crippen LogP contribution in [0.3, 0.4) is 0 Å². The molecule has 0 saturated heterocycles. The SMILES string of the molecule is CN(Cc1cccs1)C(=O)COC(=O)Cc1ccc2ccccc2c1. The van der Waals surface area contributed by atoms with Crippen LogP contribution in [0.2, 0.25) is 0 Å². The molecule has 5 heteroatoms. The van der Waals surface area contributed by atoms with Gasteiger partial charge < -0.3 is 9.64 Å².